The normalized spacial score (nSPS) is 16.1. The van der Waals surface area contributed by atoms with Crippen molar-refractivity contribution in [2.24, 2.45) is 0 Å². The summed E-state index contributed by atoms with van der Waals surface area (Å²) in [6.07, 6.45) is 2.71. The molecule has 0 spiro atoms. The van der Waals surface area contributed by atoms with Crippen molar-refractivity contribution in [1.82, 2.24) is 19.6 Å². The van der Waals surface area contributed by atoms with E-state index >= 15 is 0 Å². The number of benzene rings is 2. The molecule has 2 heterocycles. The Kier molecular flexibility index (Phi) is 5.00. The van der Waals surface area contributed by atoms with E-state index in [0.29, 0.717) is 40.1 Å². The number of thioether (sulfide) groups is 1. The fraction of sp³-hybridized carbons (Fsp3) is 0.182. The lowest BCUT2D eigenvalue weighted by molar-refractivity contribution is 0.0962. The van der Waals surface area contributed by atoms with Crippen LogP contribution in [0.25, 0.3) is 5.78 Å². The molecule has 1 aliphatic rings. The molecule has 5 nitrogen and oxygen atoms in total. The second kappa shape index (κ2) is 7.81. The van der Waals surface area contributed by atoms with Gasteiger partial charge in [-0.2, -0.15) is 4.98 Å². The first-order chi connectivity index (χ1) is 14.5. The summed E-state index contributed by atoms with van der Waals surface area (Å²) in [6, 6.07) is 14.0. The van der Waals surface area contributed by atoms with E-state index in [9.17, 15) is 9.18 Å². The topological polar surface area (TPSA) is 60.2 Å². The minimum absolute atomic E-state index is 0.0118. The van der Waals surface area contributed by atoms with E-state index in [0.717, 1.165) is 16.8 Å². The van der Waals surface area contributed by atoms with Crippen molar-refractivity contribution in [3.05, 3.63) is 88.0 Å². The number of rotatable bonds is 4. The lowest BCUT2D eigenvalue weighted by atomic mass is 9.82. The maximum absolute atomic E-state index is 13.2. The molecule has 150 valence electrons. The molecule has 0 saturated carbocycles. The second-order valence-electron chi connectivity index (χ2n) is 7.24. The molecular formula is C22H16ClFN4OS. The fourth-order valence-electron chi connectivity index (χ4n) is 3.62. The molecule has 0 fully saturated rings. The van der Waals surface area contributed by atoms with Crippen molar-refractivity contribution in [3.8, 4) is 0 Å². The highest BCUT2D eigenvalue weighted by Crippen LogP contribution is 2.32. The third kappa shape index (κ3) is 3.82. The molecule has 0 radical (unpaired) electrons. The summed E-state index contributed by atoms with van der Waals surface area (Å²) >= 11 is 7.43. The van der Waals surface area contributed by atoms with Crippen molar-refractivity contribution in [1.29, 1.82) is 0 Å². The molecule has 2 aromatic heterocycles. The van der Waals surface area contributed by atoms with Gasteiger partial charge < -0.3 is 0 Å². The molecular weight excluding hydrogens is 423 g/mol. The van der Waals surface area contributed by atoms with Crippen LogP contribution in [0.3, 0.4) is 0 Å². The van der Waals surface area contributed by atoms with Crippen LogP contribution in [0, 0.1) is 5.82 Å². The van der Waals surface area contributed by atoms with E-state index < -0.39 is 0 Å². The average Bonchev–Trinajstić information content (AvgIpc) is 3.14. The molecule has 5 rings (SSSR count). The zero-order valence-corrected chi connectivity index (χ0v) is 17.3. The van der Waals surface area contributed by atoms with Crippen LogP contribution in [0.15, 0.2) is 59.9 Å². The van der Waals surface area contributed by atoms with Gasteiger partial charge in [0.1, 0.15) is 5.82 Å². The number of halogens is 2. The van der Waals surface area contributed by atoms with E-state index in [-0.39, 0.29) is 17.5 Å². The molecule has 0 bridgehead atoms. The van der Waals surface area contributed by atoms with Gasteiger partial charge in [-0.25, -0.2) is 13.9 Å². The van der Waals surface area contributed by atoms with Crippen molar-refractivity contribution >= 4 is 34.9 Å². The molecule has 8 heteroatoms. The van der Waals surface area contributed by atoms with Crippen molar-refractivity contribution in [2.45, 2.75) is 29.7 Å². The highest BCUT2D eigenvalue weighted by Gasteiger charge is 2.28. The molecule has 1 aliphatic carbocycles. The van der Waals surface area contributed by atoms with Crippen molar-refractivity contribution in [3.63, 3.8) is 0 Å². The highest BCUT2D eigenvalue weighted by atomic mass is 35.5. The Morgan fingerprint density at radius 2 is 1.83 bits per heavy atom. The Morgan fingerprint density at radius 1 is 1.07 bits per heavy atom. The molecule has 0 unspecified atom stereocenters. The van der Waals surface area contributed by atoms with Crippen LogP contribution in [0.1, 0.15) is 39.5 Å². The lowest BCUT2D eigenvalue weighted by Crippen LogP contribution is -2.21. The molecule has 0 N–H and O–H groups in total. The maximum atomic E-state index is 13.2. The third-order valence-electron chi connectivity index (χ3n) is 5.19. The predicted octanol–water partition coefficient (Wildman–Crippen LogP) is 5.12. The van der Waals surface area contributed by atoms with Crippen molar-refractivity contribution < 1.29 is 9.18 Å². The van der Waals surface area contributed by atoms with E-state index in [1.54, 1.807) is 22.8 Å². The summed E-state index contributed by atoms with van der Waals surface area (Å²) in [5, 5.41) is 5.76. The van der Waals surface area contributed by atoms with Gasteiger partial charge in [-0.15, -0.1) is 5.10 Å². The number of hydrogen-bond donors (Lipinski definition) is 0. The molecule has 1 atom stereocenters. The summed E-state index contributed by atoms with van der Waals surface area (Å²) in [4.78, 5) is 21.8. The van der Waals surface area contributed by atoms with Gasteiger partial charge in [0.15, 0.2) is 5.78 Å². The van der Waals surface area contributed by atoms with E-state index in [1.807, 2.05) is 24.3 Å². The van der Waals surface area contributed by atoms with Crippen LogP contribution in [-0.2, 0) is 12.2 Å². The van der Waals surface area contributed by atoms with Crippen molar-refractivity contribution in [2.75, 3.05) is 0 Å². The zero-order chi connectivity index (χ0) is 20.7. The van der Waals surface area contributed by atoms with Crippen LogP contribution >= 0.6 is 23.4 Å². The minimum atomic E-state index is -0.284. The molecule has 30 heavy (non-hydrogen) atoms. The first-order valence-corrected chi connectivity index (χ1v) is 10.8. The summed E-state index contributed by atoms with van der Waals surface area (Å²) in [5.74, 6) is 0.903. The number of carbonyl (C=O) groups is 1. The first-order valence-electron chi connectivity index (χ1n) is 9.47. The number of fused-ring (bicyclic) bond motifs is 2. The van der Waals surface area contributed by atoms with Gasteiger partial charge in [0, 0.05) is 23.4 Å². The predicted molar refractivity (Wildman–Crippen MR) is 114 cm³/mol. The zero-order valence-electron chi connectivity index (χ0n) is 15.8. The minimum Gasteiger partial charge on any atom is -0.294 e. The third-order valence-corrected chi connectivity index (χ3v) is 6.35. The SMILES string of the molecule is O=C1C[C@@H](c2ccc(F)cc2)Cc2nc3nc(SCc4ccc(Cl)cc4)nn3cc21. The van der Waals surface area contributed by atoms with E-state index in [4.69, 9.17) is 11.6 Å². The van der Waals surface area contributed by atoms with Gasteiger partial charge in [0.2, 0.25) is 5.16 Å². The quantitative estimate of drug-likeness (QED) is 0.414. The maximum Gasteiger partial charge on any atom is 0.253 e. The Bertz CT molecular complexity index is 1240. The number of ketones is 1. The van der Waals surface area contributed by atoms with Crippen LogP contribution in [0.2, 0.25) is 5.02 Å². The Balaban J connectivity index is 1.39. The fourth-order valence-corrected chi connectivity index (χ4v) is 4.53. The van der Waals surface area contributed by atoms with Gasteiger partial charge in [0.05, 0.1) is 11.3 Å². The molecule has 0 aliphatic heterocycles. The average molecular weight is 439 g/mol. The van der Waals surface area contributed by atoms with Crippen LogP contribution in [0.4, 0.5) is 4.39 Å². The molecule has 4 aromatic rings. The second-order valence-corrected chi connectivity index (χ2v) is 8.61. The monoisotopic (exact) mass is 438 g/mol. The van der Waals surface area contributed by atoms with E-state index in [1.165, 1.54) is 23.9 Å². The molecule has 0 amide bonds. The Labute approximate surface area is 181 Å². The molecule has 2 aromatic carbocycles. The summed E-state index contributed by atoms with van der Waals surface area (Å²) in [6.45, 7) is 0. The van der Waals surface area contributed by atoms with Gasteiger partial charge >= 0.3 is 0 Å². The number of carbonyl (C=O) groups excluding carboxylic acids is 1. The summed E-state index contributed by atoms with van der Waals surface area (Å²) < 4.78 is 14.8. The smallest absolute Gasteiger partial charge is 0.253 e. The highest BCUT2D eigenvalue weighted by molar-refractivity contribution is 7.98. The van der Waals surface area contributed by atoms with Gasteiger partial charge in [0.25, 0.3) is 5.78 Å². The van der Waals surface area contributed by atoms with Crippen LogP contribution < -0.4 is 0 Å². The number of nitrogens with zero attached hydrogens (tertiary/aromatic N) is 4. The largest absolute Gasteiger partial charge is 0.294 e. The first kappa shape index (κ1) is 19.2. The Morgan fingerprint density at radius 3 is 2.60 bits per heavy atom. The number of hydrogen-bond acceptors (Lipinski definition) is 5. The standard InChI is InChI=1S/C22H16ClFN4OS/c23-16-5-1-13(2-6-16)12-30-22-26-21-25-19-9-15(14-3-7-17(24)8-4-14)10-20(29)18(19)11-28(21)27-22/h1-8,11,15H,9-10,12H2/t15-/m0/s1. The summed E-state index contributed by atoms with van der Waals surface area (Å²) in [5.41, 5.74) is 3.36. The van der Waals surface area contributed by atoms with Gasteiger partial charge in [-0.05, 0) is 47.7 Å². The summed E-state index contributed by atoms with van der Waals surface area (Å²) in [7, 11) is 0. The number of Topliss-reactive ketones (excluding diaryl/α,β-unsaturated/α-hetero) is 1. The van der Waals surface area contributed by atoms with Crippen LogP contribution in [-0.4, -0.2) is 25.4 Å². The van der Waals surface area contributed by atoms with E-state index in [2.05, 4.69) is 15.1 Å². The van der Waals surface area contributed by atoms with Gasteiger partial charge in [-0.3, -0.25) is 4.79 Å². The lowest BCUT2D eigenvalue weighted by Gasteiger charge is -2.23. The van der Waals surface area contributed by atoms with Crippen LogP contribution in [0.5, 0.6) is 0 Å². The molecule has 0 saturated heterocycles. The number of aromatic nitrogens is 4. The Hall–Kier alpha value is -2.77. The van der Waals surface area contributed by atoms with Gasteiger partial charge in [-0.1, -0.05) is 47.6 Å².